The van der Waals surface area contributed by atoms with Gasteiger partial charge in [0.2, 0.25) is 0 Å². The number of esters is 8. The third kappa shape index (κ3) is 50.0. The summed E-state index contributed by atoms with van der Waals surface area (Å²) in [5.74, 6) is -3.34. The molecule has 132 heavy (non-hydrogen) atoms. The molecule has 0 heterocycles. The second-order valence-electron chi connectivity index (χ2n) is 30.8. The molecule has 0 radical (unpaired) electrons. The second kappa shape index (κ2) is 68.7. The fourth-order valence-corrected chi connectivity index (χ4v) is 12.8. The molecular weight excluding hydrogens is 1690 g/mol. The summed E-state index contributed by atoms with van der Waals surface area (Å²) in [6.07, 6.45) is 27.8. The number of benzene rings is 8. The number of rotatable bonds is 58. The summed E-state index contributed by atoms with van der Waals surface area (Å²) in [6.45, 7) is 19.9. The maximum Gasteiger partial charge on any atom is 0.407 e. The standard InChI is InChI=1S/C34H49NO6.C27H35NO6.C24H29NO6.C19H19NO6/c1-28(2)32(36)40-26-23-35-34(38)41-25-18-14-12-10-8-6-4-3-5-7-9-11-13-17-24-39-33(37)31-22-21-29-19-15-16-20-30(29)27-31;1-2-25(29)32-20-17-28-27(31)34-19-12-8-6-4-3-5-7-11-18-33-26(30)24-16-15-22-13-9-10-14-23(22)21-24;1-18(2)22(26)30-16-13-25-24(28)31-15-8-4-3-7-14-29-23(27)21-12-11-19-9-5-6-10-20(19)17-21;1-2-17(21)24-10-9-20-19(23)26-12-11-25-18(22)16-8-7-14-5-3-4-6-15(14)13-16/h15-16,19-22,27H,1,3-14,17-18,23-26H2,2H3,(H,35,38);2,9-10,13-16,21H,1,3-8,11-12,17-20H2,(H,28,31);5-6,9-12,17H,1,3-4,7-8,13-16H2,2H3,(H,25,28);2-8,13H,1,9-12H2,(H,20,23). The zero-order valence-electron chi connectivity index (χ0n) is 76.6. The van der Waals surface area contributed by atoms with E-state index in [-0.39, 0.29) is 83.7 Å². The molecule has 28 nitrogen and oxygen atoms in total. The Morgan fingerprint density at radius 3 is 0.644 bits per heavy atom. The molecule has 8 aromatic rings. The van der Waals surface area contributed by atoms with Crippen LogP contribution in [0.25, 0.3) is 43.1 Å². The largest absolute Gasteiger partial charge is 0.462 e. The van der Waals surface area contributed by atoms with Crippen molar-refractivity contribution in [3.05, 3.63) is 242 Å². The van der Waals surface area contributed by atoms with Crippen LogP contribution in [-0.2, 0) is 76.0 Å². The van der Waals surface area contributed by atoms with Crippen LogP contribution >= 0.6 is 0 Å². The molecular formula is C104H132N4O24. The van der Waals surface area contributed by atoms with E-state index in [0.29, 0.717) is 73.0 Å². The lowest BCUT2D eigenvalue weighted by atomic mass is 10.0. The normalized spacial score (nSPS) is 10.4. The van der Waals surface area contributed by atoms with Gasteiger partial charge in [0.15, 0.2) is 0 Å². The van der Waals surface area contributed by atoms with E-state index in [2.05, 4.69) is 52.3 Å². The third-order valence-electron chi connectivity index (χ3n) is 20.0. The van der Waals surface area contributed by atoms with Crippen molar-refractivity contribution in [2.24, 2.45) is 0 Å². The van der Waals surface area contributed by atoms with E-state index in [0.717, 1.165) is 158 Å². The van der Waals surface area contributed by atoms with Crippen molar-refractivity contribution in [2.45, 2.75) is 181 Å². The number of unbranched alkanes of at least 4 members (excludes halogenated alkanes) is 23. The van der Waals surface area contributed by atoms with Crippen LogP contribution in [-0.4, -0.2) is 178 Å². The molecule has 0 saturated heterocycles. The lowest BCUT2D eigenvalue weighted by molar-refractivity contribution is -0.139. The van der Waals surface area contributed by atoms with E-state index in [4.69, 9.17) is 52.1 Å². The van der Waals surface area contributed by atoms with Crippen LogP contribution in [0.15, 0.2) is 219 Å². The summed E-state index contributed by atoms with van der Waals surface area (Å²) in [6, 6.07) is 53.6. The van der Waals surface area contributed by atoms with Crippen LogP contribution < -0.4 is 21.3 Å². The van der Waals surface area contributed by atoms with Gasteiger partial charge in [-0.1, -0.05) is 263 Å². The highest BCUT2D eigenvalue weighted by atomic mass is 16.6. The highest BCUT2D eigenvalue weighted by Gasteiger charge is 2.15. The molecule has 4 amide bonds. The Morgan fingerprint density at radius 1 is 0.227 bits per heavy atom. The van der Waals surface area contributed by atoms with E-state index in [1.165, 1.54) is 64.2 Å². The number of amides is 4. The van der Waals surface area contributed by atoms with E-state index >= 15 is 0 Å². The highest BCUT2D eigenvalue weighted by Crippen LogP contribution is 2.22. The minimum absolute atomic E-state index is 0.0108. The van der Waals surface area contributed by atoms with Gasteiger partial charge in [-0.25, -0.2) is 57.5 Å². The summed E-state index contributed by atoms with van der Waals surface area (Å²) in [5, 5.41) is 18.4. The van der Waals surface area contributed by atoms with Gasteiger partial charge < -0.3 is 78.1 Å². The lowest BCUT2D eigenvalue weighted by Gasteiger charge is -2.08. The Hall–Kier alpha value is -13.4. The average molecular weight is 1820 g/mol. The predicted molar refractivity (Wildman–Crippen MR) is 508 cm³/mol. The summed E-state index contributed by atoms with van der Waals surface area (Å²) in [5.41, 5.74) is 2.83. The van der Waals surface area contributed by atoms with Crippen LogP contribution in [0.2, 0.25) is 0 Å². The Balaban J connectivity index is 0.000000315. The molecule has 4 N–H and O–H groups in total. The number of carbonyl (C=O) groups excluding carboxylic acids is 12. The van der Waals surface area contributed by atoms with Crippen molar-refractivity contribution in [2.75, 3.05) is 105 Å². The van der Waals surface area contributed by atoms with Gasteiger partial charge >= 0.3 is 72.1 Å². The number of hydrogen-bond acceptors (Lipinski definition) is 24. The summed E-state index contributed by atoms with van der Waals surface area (Å²) in [7, 11) is 0. The first kappa shape index (κ1) is 109. The van der Waals surface area contributed by atoms with Gasteiger partial charge in [0.05, 0.1) is 88.1 Å². The first-order valence-corrected chi connectivity index (χ1v) is 45.6. The molecule has 0 saturated carbocycles. The molecule has 0 fully saturated rings. The van der Waals surface area contributed by atoms with Crippen molar-refractivity contribution in [1.82, 2.24) is 21.3 Å². The molecule has 28 heteroatoms. The van der Waals surface area contributed by atoms with Crippen LogP contribution in [0.5, 0.6) is 0 Å². The van der Waals surface area contributed by atoms with Gasteiger partial charge in [0, 0.05) is 23.3 Å². The Morgan fingerprint density at radius 2 is 0.417 bits per heavy atom. The van der Waals surface area contributed by atoms with Gasteiger partial charge in [0.1, 0.15) is 39.6 Å². The second-order valence-corrected chi connectivity index (χ2v) is 30.8. The Bertz CT molecular complexity index is 4910. The fourth-order valence-electron chi connectivity index (χ4n) is 12.8. The highest BCUT2D eigenvalue weighted by molar-refractivity contribution is 5.98. The zero-order valence-corrected chi connectivity index (χ0v) is 76.6. The number of fused-ring (bicyclic) bond motifs is 4. The first-order chi connectivity index (χ1) is 64.1. The van der Waals surface area contributed by atoms with Crippen molar-refractivity contribution in [3.63, 3.8) is 0 Å². The lowest BCUT2D eigenvalue weighted by Crippen LogP contribution is -2.29. The number of carbonyl (C=O) groups is 12. The maximum absolute atomic E-state index is 12.3. The Labute approximate surface area is 774 Å². The number of alkyl carbamates (subject to hydrolysis) is 4. The molecule has 0 bridgehead atoms. The molecule has 0 aliphatic carbocycles. The molecule has 0 aromatic heterocycles. The summed E-state index contributed by atoms with van der Waals surface area (Å²) >= 11 is 0. The minimum Gasteiger partial charge on any atom is -0.462 e. The van der Waals surface area contributed by atoms with Crippen LogP contribution in [0.1, 0.15) is 222 Å². The zero-order chi connectivity index (χ0) is 95.2. The van der Waals surface area contributed by atoms with Crippen LogP contribution in [0, 0.1) is 0 Å². The van der Waals surface area contributed by atoms with Gasteiger partial charge in [-0.3, -0.25) is 0 Å². The molecule has 712 valence electrons. The van der Waals surface area contributed by atoms with Gasteiger partial charge in [-0.05, 0) is 157 Å². The van der Waals surface area contributed by atoms with E-state index in [1.807, 2.05) is 152 Å². The SMILES string of the molecule is C=C(C)C(=O)OCCNC(=O)OCCCCCCCCCCCCCCCCOC(=O)c1ccc2ccccc2c1.C=C(C)C(=O)OCCNC(=O)OCCCCCCOC(=O)c1ccc2ccccc2c1.C=CC(=O)OCCNC(=O)OCCCCCCCCCCOC(=O)c1ccc2ccccc2c1.C=CC(=O)OCCNC(=O)OCCOC(=O)c1ccc2ccccc2c1. The topological polar surface area (TPSA) is 364 Å². The molecule has 0 atom stereocenters. The monoisotopic (exact) mass is 1820 g/mol. The molecule has 8 aromatic carbocycles. The van der Waals surface area contributed by atoms with Gasteiger partial charge in [0.25, 0.3) is 0 Å². The van der Waals surface area contributed by atoms with Crippen molar-refractivity contribution in [3.8, 4) is 0 Å². The van der Waals surface area contributed by atoms with Crippen molar-refractivity contribution >= 4 is 115 Å². The van der Waals surface area contributed by atoms with Crippen molar-refractivity contribution in [1.29, 1.82) is 0 Å². The molecule has 0 spiro atoms. The van der Waals surface area contributed by atoms with Gasteiger partial charge in [-0.2, -0.15) is 0 Å². The molecule has 8 rings (SSSR count). The minimum atomic E-state index is -0.693. The van der Waals surface area contributed by atoms with Gasteiger partial charge in [-0.15, -0.1) is 0 Å². The van der Waals surface area contributed by atoms with Crippen LogP contribution in [0.4, 0.5) is 19.2 Å². The third-order valence-corrected chi connectivity index (χ3v) is 20.0. The van der Waals surface area contributed by atoms with Crippen molar-refractivity contribution < 1.29 is 114 Å². The number of nitrogens with one attached hydrogen (secondary N) is 4. The fraction of sp³-hybridized carbons (Fsp3) is 0.423. The van der Waals surface area contributed by atoms with E-state index in [9.17, 15) is 57.5 Å². The predicted octanol–water partition coefficient (Wildman–Crippen LogP) is 20.7. The quantitative estimate of drug-likeness (QED) is 0.0119. The smallest absolute Gasteiger partial charge is 0.407 e. The Kier molecular flexibility index (Phi) is 56.8. The van der Waals surface area contributed by atoms with Crippen LogP contribution in [0.3, 0.4) is 0 Å². The molecule has 0 aliphatic rings. The summed E-state index contributed by atoms with van der Waals surface area (Å²) in [4.78, 5) is 139. The summed E-state index contributed by atoms with van der Waals surface area (Å²) < 4.78 is 60.5. The number of ether oxygens (including phenoxy) is 12. The number of hydrogen-bond donors (Lipinski definition) is 4. The molecule has 0 unspecified atom stereocenters. The van der Waals surface area contributed by atoms with E-state index < -0.39 is 54.2 Å². The molecule has 0 aliphatic heterocycles. The maximum atomic E-state index is 12.3. The average Bonchev–Trinajstić information content (AvgIpc) is 0.850. The van der Waals surface area contributed by atoms with E-state index in [1.54, 1.807) is 32.0 Å². The first-order valence-electron chi connectivity index (χ1n) is 45.6.